The summed E-state index contributed by atoms with van der Waals surface area (Å²) in [5.41, 5.74) is 1.31. The minimum absolute atomic E-state index is 0.0353. The van der Waals surface area contributed by atoms with Crippen molar-refractivity contribution in [2.45, 2.75) is 44.1 Å². The second-order valence-electron chi connectivity index (χ2n) is 4.98. The molecule has 0 spiro atoms. The average molecular weight is 335 g/mol. The largest absolute Gasteiger partial charge is 0.301 e. The zero-order chi connectivity index (χ0) is 15.6. The Balaban J connectivity index is 1.71. The fourth-order valence-electron chi connectivity index (χ4n) is 1.91. The molecule has 0 unspecified atom stereocenters. The first kappa shape index (κ1) is 17.0. The fourth-order valence-corrected chi connectivity index (χ4v) is 3.71. The lowest BCUT2D eigenvalue weighted by Crippen LogP contribution is -2.10. The van der Waals surface area contributed by atoms with Crippen molar-refractivity contribution in [3.05, 3.63) is 40.9 Å². The van der Waals surface area contributed by atoms with E-state index in [1.807, 2.05) is 18.2 Å². The number of benzene rings is 1. The SMILES string of the molecule is CCCCCC(=O)Nc1nnc(CSCc2ccccc2)s1. The Hall–Kier alpha value is -1.40. The first-order chi connectivity index (χ1) is 10.8. The number of hydrogen-bond acceptors (Lipinski definition) is 5. The lowest BCUT2D eigenvalue weighted by Gasteiger charge is -2.00. The normalized spacial score (nSPS) is 10.6. The molecule has 1 N–H and O–H groups in total. The standard InChI is InChI=1S/C16H21N3OS2/c1-2-3-5-10-14(20)17-16-19-18-15(22-16)12-21-11-13-8-6-4-7-9-13/h4,6-9H,2-3,5,10-12H2,1H3,(H,17,19,20). The second kappa shape index (κ2) is 9.58. The topological polar surface area (TPSA) is 54.9 Å². The molecule has 0 bridgehead atoms. The molecule has 1 aromatic carbocycles. The highest BCUT2D eigenvalue weighted by atomic mass is 32.2. The Bertz CT molecular complexity index is 572. The van der Waals surface area contributed by atoms with Gasteiger partial charge in [0.15, 0.2) is 0 Å². The monoisotopic (exact) mass is 335 g/mol. The van der Waals surface area contributed by atoms with Crippen molar-refractivity contribution in [1.29, 1.82) is 0 Å². The number of aromatic nitrogens is 2. The summed E-state index contributed by atoms with van der Waals surface area (Å²) in [6.07, 6.45) is 3.70. The van der Waals surface area contributed by atoms with Crippen molar-refractivity contribution in [2.75, 3.05) is 5.32 Å². The maximum Gasteiger partial charge on any atom is 0.226 e. The van der Waals surface area contributed by atoms with Gasteiger partial charge >= 0.3 is 0 Å². The van der Waals surface area contributed by atoms with Crippen LogP contribution in [-0.4, -0.2) is 16.1 Å². The molecule has 0 saturated carbocycles. The molecule has 2 rings (SSSR count). The first-order valence-electron chi connectivity index (χ1n) is 7.52. The van der Waals surface area contributed by atoms with E-state index in [4.69, 9.17) is 0 Å². The average Bonchev–Trinajstić information content (AvgIpc) is 2.96. The number of carbonyl (C=O) groups excluding carboxylic acids is 1. The molecule has 1 heterocycles. The zero-order valence-corrected chi connectivity index (χ0v) is 14.4. The van der Waals surface area contributed by atoms with E-state index in [0.717, 1.165) is 35.8 Å². The van der Waals surface area contributed by atoms with E-state index < -0.39 is 0 Å². The van der Waals surface area contributed by atoms with Gasteiger partial charge in [0.2, 0.25) is 11.0 Å². The number of amides is 1. The van der Waals surface area contributed by atoms with Crippen LogP contribution >= 0.6 is 23.1 Å². The number of carbonyl (C=O) groups is 1. The number of thioether (sulfide) groups is 1. The Morgan fingerprint density at radius 3 is 2.77 bits per heavy atom. The van der Waals surface area contributed by atoms with Crippen LogP contribution in [0.3, 0.4) is 0 Å². The van der Waals surface area contributed by atoms with Gasteiger partial charge in [-0.2, -0.15) is 0 Å². The van der Waals surface area contributed by atoms with Gasteiger partial charge in [-0.15, -0.1) is 22.0 Å². The lowest BCUT2D eigenvalue weighted by molar-refractivity contribution is -0.116. The Labute approximate surface area is 139 Å². The molecule has 6 heteroatoms. The van der Waals surface area contributed by atoms with E-state index in [2.05, 4.69) is 34.6 Å². The summed E-state index contributed by atoms with van der Waals surface area (Å²) in [5, 5.41) is 12.5. The number of nitrogens with one attached hydrogen (secondary N) is 1. The molecule has 4 nitrogen and oxygen atoms in total. The van der Waals surface area contributed by atoms with Gasteiger partial charge in [0.1, 0.15) is 5.01 Å². The van der Waals surface area contributed by atoms with E-state index in [9.17, 15) is 4.79 Å². The van der Waals surface area contributed by atoms with Crippen LogP contribution in [0.15, 0.2) is 30.3 Å². The summed E-state index contributed by atoms with van der Waals surface area (Å²) in [5.74, 6) is 1.81. The Morgan fingerprint density at radius 1 is 1.18 bits per heavy atom. The number of nitrogens with zero attached hydrogens (tertiary/aromatic N) is 2. The van der Waals surface area contributed by atoms with Gasteiger partial charge in [-0.1, -0.05) is 61.4 Å². The lowest BCUT2D eigenvalue weighted by atomic mass is 10.2. The number of anilines is 1. The van der Waals surface area contributed by atoms with Gasteiger partial charge in [0.05, 0.1) is 0 Å². The highest BCUT2D eigenvalue weighted by molar-refractivity contribution is 7.97. The third-order valence-electron chi connectivity index (χ3n) is 3.06. The molecule has 118 valence electrons. The molecule has 0 radical (unpaired) electrons. The molecule has 0 fully saturated rings. The molecule has 0 atom stereocenters. The second-order valence-corrected chi connectivity index (χ2v) is 7.03. The Kier molecular flexibility index (Phi) is 7.39. The summed E-state index contributed by atoms with van der Waals surface area (Å²) in [7, 11) is 0. The molecule has 0 aliphatic heterocycles. The van der Waals surface area contributed by atoms with Gasteiger partial charge in [-0.25, -0.2) is 0 Å². The molecular formula is C16H21N3OS2. The molecule has 2 aromatic rings. The molecular weight excluding hydrogens is 314 g/mol. The van der Waals surface area contributed by atoms with Crippen LogP contribution in [0.5, 0.6) is 0 Å². The quantitative estimate of drug-likeness (QED) is 0.686. The van der Waals surface area contributed by atoms with Crippen LogP contribution in [0, 0.1) is 0 Å². The predicted octanol–water partition coefficient (Wildman–Crippen LogP) is 4.49. The number of unbranched alkanes of at least 4 members (excludes halogenated alkanes) is 2. The Morgan fingerprint density at radius 2 is 2.00 bits per heavy atom. The van der Waals surface area contributed by atoms with Crippen molar-refractivity contribution in [3.63, 3.8) is 0 Å². The van der Waals surface area contributed by atoms with Crippen LogP contribution in [-0.2, 0) is 16.3 Å². The van der Waals surface area contributed by atoms with Crippen molar-refractivity contribution in [2.24, 2.45) is 0 Å². The van der Waals surface area contributed by atoms with Gasteiger partial charge in [0, 0.05) is 17.9 Å². The summed E-state index contributed by atoms with van der Waals surface area (Å²) in [4.78, 5) is 11.7. The van der Waals surface area contributed by atoms with E-state index in [-0.39, 0.29) is 5.91 Å². The highest BCUT2D eigenvalue weighted by Gasteiger charge is 2.08. The van der Waals surface area contributed by atoms with Crippen LogP contribution in [0.25, 0.3) is 0 Å². The molecule has 1 amide bonds. The summed E-state index contributed by atoms with van der Waals surface area (Å²) < 4.78 is 0. The van der Waals surface area contributed by atoms with Crippen molar-refractivity contribution in [3.8, 4) is 0 Å². The van der Waals surface area contributed by atoms with Crippen molar-refractivity contribution >= 4 is 34.1 Å². The van der Waals surface area contributed by atoms with Crippen LogP contribution in [0.1, 0.15) is 43.2 Å². The molecule has 0 aliphatic carbocycles. The summed E-state index contributed by atoms with van der Waals surface area (Å²) in [6, 6.07) is 10.4. The van der Waals surface area contributed by atoms with E-state index >= 15 is 0 Å². The molecule has 0 aliphatic rings. The van der Waals surface area contributed by atoms with Crippen molar-refractivity contribution < 1.29 is 4.79 Å². The maximum atomic E-state index is 11.7. The summed E-state index contributed by atoms with van der Waals surface area (Å²) in [6.45, 7) is 2.13. The van der Waals surface area contributed by atoms with Crippen LogP contribution in [0.4, 0.5) is 5.13 Å². The maximum absolute atomic E-state index is 11.7. The number of rotatable bonds is 9. The third-order valence-corrected chi connectivity index (χ3v) is 5.09. The highest BCUT2D eigenvalue weighted by Crippen LogP contribution is 2.22. The number of hydrogen-bond donors (Lipinski definition) is 1. The third kappa shape index (κ3) is 6.15. The van der Waals surface area contributed by atoms with Crippen LogP contribution < -0.4 is 5.32 Å². The van der Waals surface area contributed by atoms with Gasteiger partial charge in [-0.05, 0) is 12.0 Å². The minimum Gasteiger partial charge on any atom is -0.301 e. The fraction of sp³-hybridized carbons (Fsp3) is 0.438. The van der Waals surface area contributed by atoms with Crippen molar-refractivity contribution in [1.82, 2.24) is 10.2 Å². The smallest absolute Gasteiger partial charge is 0.226 e. The first-order valence-corrected chi connectivity index (χ1v) is 9.49. The van der Waals surface area contributed by atoms with Gasteiger partial charge in [0.25, 0.3) is 0 Å². The molecule has 0 saturated heterocycles. The van der Waals surface area contributed by atoms with E-state index in [1.54, 1.807) is 11.8 Å². The summed E-state index contributed by atoms with van der Waals surface area (Å²) >= 11 is 3.26. The van der Waals surface area contributed by atoms with Gasteiger partial charge < -0.3 is 5.32 Å². The van der Waals surface area contributed by atoms with E-state index in [1.165, 1.54) is 16.9 Å². The van der Waals surface area contributed by atoms with Crippen LogP contribution in [0.2, 0.25) is 0 Å². The molecule has 1 aromatic heterocycles. The minimum atomic E-state index is 0.0353. The zero-order valence-electron chi connectivity index (χ0n) is 12.7. The van der Waals surface area contributed by atoms with Gasteiger partial charge in [-0.3, -0.25) is 4.79 Å². The molecule has 22 heavy (non-hydrogen) atoms. The van der Waals surface area contributed by atoms with E-state index in [0.29, 0.717) is 11.6 Å². The predicted molar refractivity (Wildman–Crippen MR) is 94.1 cm³/mol.